The highest BCUT2D eigenvalue weighted by Gasteiger charge is 2.33. The van der Waals surface area contributed by atoms with Crippen molar-refractivity contribution in [3.8, 4) is 0 Å². The van der Waals surface area contributed by atoms with Gasteiger partial charge in [-0.2, -0.15) is 0 Å². The molecule has 0 fully saturated rings. The Labute approximate surface area is 103 Å². The van der Waals surface area contributed by atoms with Crippen LogP contribution in [-0.2, 0) is 9.59 Å². The predicted molar refractivity (Wildman–Crippen MR) is 57.6 cm³/mol. The molecule has 0 aliphatic carbocycles. The Balaban J connectivity index is 4.23. The molecule has 4 atom stereocenters. The molecular weight excluding hydrogens is 248 g/mol. The average molecular weight is 266 g/mol. The molecule has 0 heterocycles. The molecule has 0 aliphatic rings. The second kappa shape index (κ2) is 8.11. The summed E-state index contributed by atoms with van der Waals surface area (Å²) in [6.45, 7) is -0.835. The minimum absolute atomic E-state index is 0.00338. The van der Waals surface area contributed by atoms with E-state index in [-0.39, 0.29) is 19.3 Å². The highest BCUT2D eigenvalue weighted by atomic mass is 16.4. The van der Waals surface area contributed by atoms with Gasteiger partial charge in [0.15, 0.2) is 5.78 Å². The highest BCUT2D eigenvalue weighted by molar-refractivity contribution is 5.83. The molecule has 0 aromatic carbocycles. The normalized spacial score (nSPS) is 17.8. The van der Waals surface area contributed by atoms with Gasteiger partial charge < -0.3 is 30.6 Å². The fourth-order valence-electron chi connectivity index (χ4n) is 1.27. The number of hydrogen-bond donors (Lipinski definition) is 6. The number of carbonyl (C=O) groups is 2. The molecule has 0 rings (SSSR count). The van der Waals surface area contributed by atoms with Gasteiger partial charge in [-0.1, -0.05) is 0 Å². The van der Waals surface area contributed by atoms with Crippen molar-refractivity contribution >= 4 is 11.8 Å². The van der Waals surface area contributed by atoms with Gasteiger partial charge in [-0.15, -0.1) is 0 Å². The smallest absolute Gasteiger partial charge is 0.303 e. The van der Waals surface area contributed by atoms with Gasteiger partial charge in [-0.25, -0.2) is 0 Å². The third-order valence-corrected chi connectivity index (χ3v) is 2.40. The fraction of sp³-hybridized carbons (Fsp3) is 0.800. The summed E-state index contributed by atoms with van der Waals surface area (Å²) in [6.07, 6.45) is -7.95. The lowest BCUT2D eigenvalue weighted by atomic mass is 9.98. The Morgan fingerprint density at radius 3 is 1.94 bits per heavy atom. The number of rotatable bonds is 9. The summed E-state index contributed by atoms with van der Waals surface area (Å²) < 4.78 is 0. The number of ketones is 1. The van der Waals surface area contributed by atoms with Gasteiger partial charge >= 0.3 is 5.97 Å². The lowest BCUT2D eigenvalue weighted by molar-refractivity contribution is -0.147. The van der Waals surface area contributed by atoms with Crippen molar-refractivity contribution in [3.05, 3.63) is 0 Å². The summed E-state index contributed by atoms with van der Waals surface area (Å²) in [5, 5.41) is 53.9. The van der Waals surface area contributed by atoms with Gasteiger partial charge in [0.05, 0.1) is 6.61 Å². The van der Waals surface area contributed by atoms with Gasteiger partial charge in [0, 0.05) is 12.8 Å². The molecule has 0 saturated carbocycles. The number of aliphatic hydroxyl groups is 5. The third-order valence-electron chi connectivity index (χ3n) is 2.40. The summed E-state index contributed by atoms with van der Waals surface area (Å²) in [7, 11) is 0. The lowest BCUT2D eigenvalue weighted by Crippen LogP contribution is -2.48. The van der Waals surface area contributed by atoms with Crippen LogP contribution in [0.1, 0.15) is 19.3 Å². The molecule has 0 aliphatic heterocycles. The number of hydrogen-bond acceptors (Lipinski definition) is 7. The molecule has 0 amide bonds. The first-order valence-electron chi connectivity index (χ1n) is 5.38. The summed E-state index contributed by atoms with van der Waals surface area (Å²) >= 11 is 0. The SMILES string of the molecule is O=C(O)CCCC(=O)[C@H](O)[C@@H](O)[C@H](O)[C@H](O)CO. The fourth-order valence-corrected chi connectivity index (χ4v) is 1.27. The first kappa shape index (κ1) is 16.9. The van der Waals surface area contributed by atoms with E-state index in [2.05, 4.69) is 0 Å². The molecule has 0 aromatic rings. The first-order chi connectivity index (χ1) is 8.31. The van der Waals surface area contributed by atoms with E-state index in [1.165, 1.54) is 0 Å². The number of carboxylic acid groups (broad SMARTS) is 1. The maximum Gasteiger partial charge on any atom is 0.303 e. The van der Waals surface area contributed by atoms with E-state index in [9.17, 15) is 24.9 Å². The van der Waals surface area contributed by atoms with Crippen LogP contribution in [0.15, 0.2) is 0 Å². The third kappa shape index (κ3) is 5.52. The molecule has 0 spiro atoms. The summed E-state index contributed by atoms with van der Waals surface area (Å²) in [5.74, 6) is -1.93. The van der Waals surface area contributed by atoms with Gasteiger partial charge in [-0.3, -0.25) is 9.59 Å². The van der Waals surface area contributed by atoms with Crippen molar-refractivity contribution < 1.29 is 40.2 Å². The zero-order valence-corrected chi connectivity index (χ0v) is 9.64. The maximum absolute atomic E-state index is 11.3. The predicted octanol–water partition coefficient (Wildman–Crippen LogP) is -2.75. The Bertz CT molecular complexity index is 279. The first-order valence-corrected chi connectivity index (χ1v) is 5.38. The van der Waals surface area contributed by atoms with Crippen LogP contribution in [0.4, 0.5) is 0 Å². The van der Waals surface area contributed by atoms with Crippen molar-refractivity contribution in [1.82, 2.24) is 0 Å². The molecule has 6 N–H and O–H groups in total. The molecular formula is C10H18O8. The molecule has 0 aromatic heterocycles. The van der Waals surface area contributed by atoms with Crippen molar-refractivity contribution in [3.63, 3.8) is 0 Å². The van der Waals surface area contributed by atoms with E-state index in [1.54, 1.807) is 0 Å². The monoisotopic (exact) mass is 266 g/mol. The van der Waals surface area contributed by atoms with Gasteiger partial charge in [0.25, 0.3) is 0 Å². The number of Topliss-reactive ketones (excluding diaryl/α,β-unsaturated/α-hetero) is 1. The maximum atomic E-state index is 11.3. The number of aliphatic carboxylic acids is 1. The Kier molecular flexibility index (Phi) is 7.64. The molecule has 106 valence electrons. The van der Waals surface area contributed by atoms with E-state index in [4.69, 9.17) is 15.3 Å². The van der Waals surface area contributed by atoms with E-state index in [1.807, 2.05) is 0 Å². The van der Waals surface area contributed by atoms with Crippen LogP contribution in [0, 0.1) is 0 Å². The van der Waals surface area contributed by atoms with Crippen molar-refractivity contribution in [2.24, 2.45) is 0 Å². The van der Waals surface area contributed by atoms with E-state index in [0.29, 0.717) is 0 Å². The summed E-state index contributed by atoms with van der Waals surface area (Å²) in [6, 6.07) is 0. The number of carboxylic acids is 1. The lowest BCUT2D eigenvalue weighted by Gasteiger charge is -2.24. The Morgan fingerprint density at radius 2 is 1.50 bits per heavy atom. The van der Waals surface area contributed by atoms with E-state index in [0.717, 1.165) is 0 Å². The number of aliphatic hydroxyl groups excluding tert-OH is 5. The topological polar surface area (TPSA) is 156 Å². The molecule has 18 heavy (non-hydrogen) atoms. The molecule has 0 bridgehead atoms. The molecule has 8 nitrogen and oxygen atoms in total. The quantitative estimate of drug-likeness (QED) is 0.262. The minimum Gasteiger partial charge on any atom is -0.481 e. The average Bonchev–Trinajstić information content (AvgIpc) is 2.34. The zero-order chi connectivity index (χ0) is 14.3. The van der Waals surface area contributed by atoms with Crippen LogP contribution < -0.4 is 0 Å². The zero-order valence-electron chi connectivity index (χ0n) is 9.64. The largest absolute Gasteiger partial charge is 0.481 e. The van der Waals surface area contributed by atoms with Gasteiger partial charge in [0.1, 0.15) is 24.4 Å². The Morgan fingerprint density at radius 1 is 0.944 bits per heavy atom. The van der Waals surface area contributed by atoms with Crippen LogP contribution >= 0.6 is 0 Å². The van der Waals surface area contributed by atoms with Gasteiger partial charge in [0.2, 0.25) is 0 Å². The van der Waals surface area contributed by atoms with E-state index < -0.39 is 42.8 Å². The standard InChI is InChI=1S/C10H18O8/c11-4-6(13)9(17)10(18)8(16)5(12)2-1-3-7(14)15/h6,8-11,13,16-18H,1-4H2,(H,14,15)/t6-,8+,9-,10-/m1/s1. The minimum atomic E-state index is -1.94. The Hall–Kier alpha value is -1.06. The van der Waals surface area contributed by atoms with Crippen molar-refractivity contribution in [1.29, 1.82) is 0 Å². The van der Waals surface area contributed by atoms with Crippen molar-refractivity contribution in [2.45, 2.75) is 43.7 Å². The van der Waals surface area contributed by atoms with Crippen LogP contribution in [0.2, 0.25) is 0 Å². The second-order valence-corrected chi connectivity index (χ2v) is 3.89. The van der Waals surface area contributed by atoms with Crippen LogP contribution in [0.3, 0.4) is 0 Å². The van der Waals surface area contributed by atoms with Crippen LogP contribution in [0.5, 0.6) is 0 Å². The molecule has 0 unspecified atom stereocenters. The van der Waals surface area contributed by atoms with E-state index >= 15 is 0 Å². The van der Waals surface area contributed by atoms with Gasteiger partial charge in [-0.05, 0) is 6.42 Å². The number of carbonyl (C=O) groups excluding carboxylic acids is 1. The second-order valence-electron chi connectivity index (χ2n) is 3.89. The summed E-state index contributed by atoms with van der Waals surface area (Å²) in [5.41, 5.74) is 0. The van der Waals surface area contributed by atoms with Crippen molar-refractivity contribution in [2.75, 3.05) is 6.61 Å². The highest BCUT2D eigenvalue weighted by Crippen LogP contribution is 2.09. The molecule has 0 saturated heterocycles. The molecule has 8 heteroatoms. The van der Waals surface area contributed by atoms with Crippen LogP contribution in [0.25, 0.3) is 0 Å². The summed E-state index contributed by atoms with van der Waals surface area (Å²) in [4.78, 5) is 21.5. The molecule has 0 radical (unpaired) electrons. The van der Waals surface area contributed by atoms with Crippen LogP contribution in [-0.4, -0.2) is 73.4 Å².